The molecule has 1 atom stereocenters. The van der Waals surface area contributed by atoms with E-state index in [4.69, 9.17) is 0 Å². The molecule has 1 heterocycles. The van der Waals surface area contributed by atoms with Crippen LogP contribution in [0.2, 0.25) is 0 Å². The van der Waals surface area contributed by atoms with Gasteiger partial charge in [0.1, 0.15) is 0 Å². The second kappa shape index (κ2) is 6.68. The van der Waals surface area contributed by atoms with Gasteiger partial charge in [0, 0.05) is 24.3 Å². The molecule has 0 saturated carbocycles. The van der Waals surface area contributed by atoms with Crippen molar-refractivity contribution in [3.8, 4) is 0 Å². The normalized spacial score (nSPS) is 12.2. The van der Waals surface area contributed by atoms with E-state index in [9.17, 15) is 13.6 Å². The van der Waals surface area contributed by atoms with Crippen LogP contribution in [0.1, 0.15) is 28.7 Å². The van der Waals surface area contributed by atoms with Gasteiger partial charge in [0.2, 0.25) is 0 Å². The number of aromatic nitrogens is 2. The molecule has 0 unspecified atom stereocenters. The van der Waals surface area contributed by atoms with Crippen molar-refractivity contribution in [1.82, 2.24) is 15.1 Å². The Kier molecular flexibility index (Phi) is 4.90. The summed E-state index contributed by atoms with van der Waals surface area (Å²) >= 11 is 0. The van der Waals surface area contributed by atoms with Crippen LogP contribution in [-0.4, -0.2) is 22.2 Å². The van der Waals surface area contributed by atoms with E-state index in [0.717, 1.165) is 23.5 Å². The second-order valence-corrected chi connectivity index (χ2v) is 5.55. The Labute approximate surface area is 128 Å². The number of halogens is 2. The third kappa shape index (κ3) is 3.90. The lowest BCUT2D eigenvalue weighted by Crippen LogP contribution is -2.30. The van der Waals surface area contributed by atoms with Crippen molar-refractivity contribution >= 4 is 5.91 Å². The maximum atomic E-state index is 13.1. The molecule has 0 aliphatic heterocycles. The number of benzene rings is 1. The van der Waals surface area contributed by atoms with Crippen LogP contribution < -0.4 is 5.32 Å². The summed E-state index contributed by atoms with van der Waals surface area (Å²) in [4.78, 5) is 11.9. The lowest BCUT2D eigenvalue weighted by molar-refractivity contribution is 0.0946. The van der Waals surface area contributed by atoms with E-state index >= 15 is 0 Å². The smallest absolute Gasteiger partial charge is 0.251 e. The molecule has 1 N–H and O–H groups in total. The van der Waals surface area contributed by atoms with Crippen LogP contribution in [0, 0.1) is 31.4 Å². The standard InChI is InChI=1S/C16H19F2N3O/c1-10(9-21-12(3)6-11(2)20-21)8-19-16(22)13-4-5-14(17)15(18)7-13/h4-7,10H,8-9H2,1-3H3,(H,19,22)/t10-/m1/s1. The van der Waals surface area contributed by atoms with Crippen molar-refractivity contribution in [1.29, 1.82) is 0 Å². The number of rotatable bonds is 5. The third-order valence-corrected chi connectivity index (χ3v) is 3.38. The van der Waals surface area contributed by atoms with Crippen LogP contribution in [0.5, 0.6) is 0 Å². The summed E-state index contributed by atoms with van der Waals surface area (Å²) < 4.78 is 27.8. The summed E-state index contributed by atoms with van der Waals surface area (Å²) in [5.41, 5.74) is 2.13. The number of nitrogens with one attached hydrogen (secondary N) is 1. The van der Waals surface area contributed by atoms with Crippen molar-refractivity contribution in [2.45, 2.75) is 27.3 Å². The predicted octanol–water partition coefficient (Wildman–Crippen LogP) is 2.84. The van der Waals surface area contributed by atoms with Crippen molar-refractivity contribution in [3.05, 3.63) is 52.9 Å². The molecule has 4 nitrogen and oxygen atoms in total. The Hall–Kier alpha value is -2.24. The highest BCUT2D eigenvalue weighted by Gasteiger charge is 2.12. The summed E-state index contributed by atoms with van der Waals surface area (Å²) in [7, 11) is 0. The second-order valence-electron chi connectivity index (χ2n) is 5.55. The number of carbonyl (C=O) groups excluding carboxylic acids is 1. The molecule has 0 aliphatic rings. The number of aryl methyl sites for hydroxylation is 2. The summed E-state index contributed by atoms with van der Waals surface area (Å²) in [6.07, 6.45) is 0. The molecule has 0 saturated heterocycles. The molecular weight excluding hydrogens is 288 g/mol. The molecule has 1 amide bonds. The van der Waals surface area contributed by atoms with Crippen LogP contribution >= 0.6 is 0 Å². The highest BCUT2D eigenvalue weighted by Crippen LogP contribution is 2.09. The van der Waals surface area contributed by atoms with Gasteiger partial charge in [-0.05, 0) is 44.0 Å². The number of hydrogen-bond acceptors (Lipinski definition) is 2. The van der Waals surface area contributed by atoms with E-state index in [0.29, 0.717) is 13.1 Å². The topological polar surface area (TPSA) is 46.9 Å². The Balaban J connectivity index is 1.90. The van der Waals surface area contributed by atoms with E-state index in [1.807, 2.05) is 31.5 Å². The molecule has 1 aromatic carbocycles. The minimum absolute atomic E-state index is 0.109. The van der Waals surface area contributed by atoms with Gasteiger partial charge in [-0.25, -0.2) is 8.78 Å². The lowest BCUT2D eigenvalue weighted by Gasteiger charge is -2.14. The average molecular weight is 307 g/mol. The SMILES string of the molecule is Cc1cc(C)n(C[C@H](C)CNC(=O)c2ccc(F)c(F)c2)n1. The van der Waals surface area contributed by atoms with Gasteiger partial charge < -0.3 is 5.32 Å². The quantitative estimate of drug-likeness (QED) is 0.923. The van der Waals surface area contributed by atoms with Gasteiger partial charge in [-0.1, -0.05) is 6.92 Å². The van der Waals surface area contributed by atoms with E-state index in [2.05, 4.69) is 10.4 Å². The molecule has 2 rings (SSSR count). The molecule has 0 fully saturated rings. The third-order valence-electron chi connectivity index (χ3n) is 3.38. The molecule has 0 radical (unpaired) electrons. The largest absolute Gasteiger partial charge is 0.352 e. The van der Waals surface area contributed by atoms with Gasteiger partial charge in [-0.15, -0.1) is 0 Å². The summed E-state index contributed by atoms with van der Waals surface area (Å²) in [5, 5.41) is 7.09. The average Bonchev–Trinajstić information content (AvgIpc) is 2.77. The minimum atomic E-state index is -1.02. The molecule has 0 bridgehead atoms. The Morgan fingerprint density at radius 1 is 1.27 bits per heavy atom. The Morgan fingerprint density at radius 3 is 2.59 bits per heavy atom. The zero-order valence-corrected chi connectivity index (χ0v) is 12.9. The van der Waals surface area contributed by atoms with E-state index in [1.54, 1.807) is 0 Å². The first kappa shape index (κ1) is 16.1. The van der Waals surface area contributed by atoms with Gasteiger partial charge in [0.25, 0.3) is 5.91 Å². The van der Waals surface area contributed by atoms with Gasteiger partial charge in [0.05, 0.1) is 5.69 Å². The Morgan fingerprint density at radius 2 is 2.00 bits per heavy atom. The van der Waals surface area contributed by atoms with E-state index in [1.165, 1.54) is 6.07 Å². The first-order valence-corrected chi connectivity index (χ1v) is 7.11. The molecule has 2 aromatic rings. The summed E-state index contributed by atoms with van der Waals surface area (Å²) in [6.45, 7) is 7.00. The summed E-state index contributed by atoms with van der Waals surface area (Å²) in [6, 6.07) is 5.10. The fourth-order valence-electron chi connectivity index (χ4n) is 2.23. The zero-order chi connectivity index (χ0) is 16.3. The highest BCUT2D eigenvalue weighted by atomic mass is 19.2. The predicted molar refractivity (Wildman–Crippen MR) is 79.6 cm³/mol. The molecule has 0 aliphatic carbocycles. The molecule has 1 aromatic heterocycles. The number of carbonyl (C=O) groups is 1. The van der Waals surface area contributed by atoms with Crippen molar-refractivity contribution in [2.24, 2.45) is 5.92 Å². The van der Waals surface area contributed by atoms with E-state index in [-0.39, 0.29) is 11.5 Å². The van der Waals surface area contributed by atoms with Crippen LogP contribution in [0.25, 0.3) is 0 Å². The first-order valence-electron chi connectivity index (χ1n) is 7.11. The highest BCUT2D eigenvalue weighted by molar-refractivity contribution is 5.94. The molecule has 0 spiro atoms. The number of nitrogens with zero attached hydrogens (tertiary/aromatic N) is 2. The maximum absolute atomic E-state index is 13.1. The van der Waals surface area contributed by atoms with Crippen LogP contribution in [0.4, 0.5) is 8.78 Å². The fraction of sp³-hybridized carbons (Fsp3) is 0.375. The van der Waals surface area contributed by atoms with Crippen LogP contribution in [0.15, 0.2) is 24.3 Å². The van der Waals surface area contributed by atoms with Crippen molar-refractivity contribution in [2.75, 3.05) is 6.54 Å². The van der Waals surface area contributed by atoms with Gasteiger partial charge in [0.15, 0.2) is 11.6 Å². The van der Waals surface area contributed by atoms with Gasteiger partial charge >= 0.3 is 0 Å². The van der Waals surface area contributed by atoms with Crippen molar-refractivity contribution in [3.63, 3.8) is 0 Å². The number of amides is 1. The van der Waals surface area contributed by atoms with Gasteiger partial charge in [-0.2, -0.15) is 5.10 Å². The lowest BCUT2D eigenvalue weighted by atomic mass is 10.1. The van der Waals surface area contributed by atoms with Crippen molar-refractivity contribution < 1.29 is 13.6 Å². The first-order chi connectivity index (χ1) is 10.4. The molecule has 22 heavy (non-hydrogen) atoms. The van der Waals surface area contributed by atoms with Gasteiger partial charge in [-0.3, -0.25) is 9.48 Å². The van der Waals surface area contributed by atoms with E-state index < -0.39 is 17.5 Å². The molecule has 118 valence electrons. The fourth-order valence-corrected chi connectivity index (χ4v) is 2.23. The number of hydrogen-bond donors (Lipinski definition) is 1. The zero-order valence-electron chi connectivity index (χ0n) is 12.9. The monoisotopic (exact) mass is 307 g/mol. The summed E-state index contributed by atoms with van der Waals surface area (Å²) in [5.74, 6) is -2.25. The molecule has 6 heteroatoms. The minimum Gasteiger partial charge on any atom is -0.352 e. The maximum Gasteiger partial charge on any atom is 0.251 e. The van der Waals surface area contributed by atoms with Crippen LogP contribution in [0.3, 0.4) is 0 Å². The van der Waals surface area contributed by atoms with Crippen LogP contribution in [-0.2, 0) is 6.54 Å². The molecular formula is C16H19F2N3O. The Bertz CT molecular complexity index is 682.